The zero-order chi connectivity index (χ0) is 15.3. The van der Waals surface area contributed by atoms with Gasteiger partial charge in [-0.15, -0.1) is 0 Å². The third-order valence-electron chi connectivity index (χ3n) is 2.87. The third kappa shape index (κ3) is 5.02. The average Bonchev–Trinajstić information content (AvgIpc) is 2.32. The molecule has 0 aliphatic rings. The van der Waals surface area contributed by atoms with Gasteiger partial charge < -0.3 is 10.0 Å². The Labute approximate surface area is 128 Å². The molecule has 0 bridgehead atoms. The fourth-order valence-corrected chi connectivity index (χ4v) is 2.29. The number of carbonyl (C=O) groups is 2. The van der Waals surface area contributed by atoms with Gasteiger partial charge in [0.2, 0.25) is 5.91 Å². The monoisotopic (exact) mass is 317 g/mol. The minimum Gasteiger partial charge on any atom is -0.481 e. The van der Waals surface area contributed by atoms with Gasteiger partial charge in [-0.2, -0.15) is 0 Å². The number of aliphatic carboxylic acids is 1. The summed E-state index contributed by atoms with van der Waals surface area (Å²) in [5.74, 6) is -1.07. The molecule has 4 nitrogen and oxygen atoms in total. The molecular weight excluding hydrogens is 301 g/mol. The van der Waals surface area contributed by atoms with Gasteiger partial charge in [0.05, 0.1) is 12.8 Å². The highest BCUT2D eigenvalue weighted by Gasteiger charge is 2.19. The van der Waals surface area contributed by atoms with Crippen LogP contribution in [0.3, 0.4) is 0 Å². The standard InChI is InChI=1S/C14H17Cl2NO3/c1-9(2)17(6-5-14(19)20)13(18)7-10-3-4-11(15)8-12(10)16/h3-4,8-9H,5-7H2,1-2H3,(H,19,20). The largest absolute Gasteiger partial charge is 0.481 e. The first kappa shape index (κ1) is 16.8. The van der Waals surface area contributed by atoms with Crippen molar-refractivity contribution >= 4 is 35.1 Å². The Balaban J connectivity index is 2.77. The van der Waals surface area contributed by atoms with Gasteiger partial charge in [-0.05, 0) is 31.5 Å². The maximum atomic E-state index is 12.2. The average molecular weight is 318 g/mol. The van der Waals surface area contributed by atoms with Crippen LogP contribution in [-0.2, 0) is 16.0 Å². The molecule has 1 amide bonds. The highest BCUT2D eigenvalue weighted by atomic mass is 35.5. The van der Waals surface area contributed by atoms with Crippen LogP contribution in [0.4, 0.5) is 0 Å². The van der Waals surface area contributed by atoms with Gasteiger partial charge in [0.25, 0.3) is 0 Å². The number of hydrogen-bond acceptors (Lipinski definition) is 2. The lowest BCUT2D eigenvalue weighted by Crippen LogP contribution is -2.39. The summed E-state index contributed by atoms with van der Waals surface area (Å²) >= 11 is 11.8. The van der Waals surface area contributed by atoms with Crippen LogP contribution in [0.5, 0.6) is 0 Å². The van der Waals surface area contributed by atoms with Crippen LogP contribution >= 0.6 is 23.2 Å². The molecule has 6 heteroatoms. The van der Waals surface area contributed by atoms with Crippen molar-refractivity contribution in [2.75, 3.05) is 6.54 Å². The van der Waals surface area contributed by atoms with E-state index in [2.05, 4.69) is 0 Å². The maximum Gasteiger partial charge on any atom is 0.305 e. The van der Waals surface area contributed by atoms with Crippen LogP contribution in [-0.4, -0.2) is 34.5 Å². The SMILES string of the molecule is CC(C)N(CCC(=O)O)C(=O)Cc1ccc(Cl)cc1Cl. The summed E-state index contributed by atoms with van der Waals surface area (Å²) in [7, 11) is 0. The quantitative estimate of drug-likeness (QED) is 0.876. The Morgan fingerprint density at radius 2 is 1.95 bits per heavy atom. The van der Waals surface area contributed by atoms with E-state index in [0.29, 0.717) is 15.6 Å². The van der Waals surface area contributed by atoms with Crippen molar-refractivity contribution in [3.63, 3.8) is 0 Å². The Hall–Kier alpha value is -1.26. The highest BCUT2D eigenvalue weighted by Crippen LogP contribution is 2.22. The number of nitrogens with zero attached hydrogens (tertiary/aromatic N) is 1. The van der Waals surface area contributed by atoms with E-state index in [4.69, 9.17) is 28.3 Å². The lowest BCUT2D eigenvalue weighted by atomic mass is 10.1. The van der Waals surface area contributed by atoms with Gasteiger partial charge in [-0.1, -0.05) is 29.3 Å². The molecule has 0 spiro atoms. The molecule has 1 aromatic rings. The number of carbonyl (C=O) groups excluding carboxylic acids is 1. The van der Waals surface area contributed by atoms with Crippen molar-refractivity contribution in [3.05, 3.63) is 33.8 Å². The first-order valence-corrected chi connectivity index (χ1v) is 7.02. The Bertz CT molecular complexity index is 503. The van der Waals surface area contributed by atoms with Crippen molar-refractivity contribution in [2.24, 2.45) is 0 Å². The summed E-state index contributed by atoms with van der Waals surface area (Å²) in [6.45, 7) is 3.89. The fourth-order valence-electron chi connectivity index (χ4n) is 1.82. The molecule has 0 aromatic heterocycles. The van der Waals surface area contributed by atoms with E-state index in [9.17, 15) is 9.59 Å². The number of benzene rings is 1. The summed E-state index contributed by atoms with van der Waals surface area (Å²) in [5, 5.41) is 9.67. The third-order valence-corrected chi connectivity index (χ3v) is 3.45. The molecule has 0 unspecified atom stereocenters. The van der Waals surface area contributed by atoms with Gasteiger partial charge in [-0.25, -0.2) is 0 Å². The molecule has 0 aliphatic heterocycles. The van der Waals surface area contributed by atoms with Crippen molar-refractivity contribution in [2.45, 2.75) is 32.7 Å². The second-order valence-corrected chi connectivity index (χ2v) is 5.58. The summed E-state index contributed by atoms with van der Waals surface area (Å²) in [5.41, 5.74) is 0.682. The highest BCUT2D eigenvalue weighted by molar-refractivity contribution is 6.35. The molecule has 1 rings (SSSR count). The van der Waals surface area contributed by atoms with E-state index in [0.717, 1.165) is 0 Å². The van der Waals surface area contributed by atoms with E-state index in [1.807, 2.05) is 13.8 Å². The first-order chi connectivity index (χ1) is 9.31. The molecule has 1 aromatic carbocycles. The Morgan fingerprint density at radius 1 is 1.30 bits per heavy atom. The van der Waals surface area contributed by atoms with Crippen molar-refractivity contribution in [1.82, 2.24) is 4.90 Å². The fraction of sp³-hybridized carbons (Fsp3) is 0.429. The predicted octanol–water partition coefficient (Wildman–Crippen LogP) is 3.25. The van der Waals surface area contributed by atoms with Crippen LogP contribution in [0, 0.1) is 0 Å². The number of hydrogen-bond donors (Lipinski definition) is 1. The summed E-state index contributed by atoms with van der Waals surface area (Å²) in [6.07, 6.45) is 0.0616. The van der Waals surface area contributed by atoms with E-state index >= 15 is 0 Å². The van der Waals surface area contributed by atoms with Crippen LogP contribution in [0.2, 0.25) is 10.0 Å². The lowest BCUT2D eigenvalue weighted by Gasteiger charge is -2.26. The molecule has 0 saturated carbocycles. The zero-order valence-corrected chi connectivity index (χ0v) is 12.9. The van der Waals surface area contributed by atoms with E-state index < -0.39 is 5.97 Å². The summed E-state index contributed by atoms with van der Waals surface area (Å²) < 4.78 is 0. The van der Waals surface area contributed by atoms with Gasteiger partial charge in [-0.3, -0.25) is 9.59 Å². The first-order valence-electron chi connectivity index (χ1n) is 6.26. The lowest BCUT2D eigenvalue weighted by molar-refractivity contribution is -0.139. The van der Waals surface area contributed by atoms with Crippen molar-refractivity contribution < 1.29 is 14.7 Å². The van der Waals surface area contributed by atoms with E-state index in [1.54, 1.807) is 23.1 Å². The Morgan fingerprint density at radius 3 is 2.45 bits per heavy atom. The molecule has 0 aliphatic carbocycles. The smallest absolute Gasteiger partial charge is 0.305 e. The summed E-state index contributed by atoms with van der Waals surface area (Å²) in [4.78, 5) is 24.4. The van der Waals surface area contributed by atoms with Gasteiger partial charge >= 0.3 is 5.97 Å². The van der Waals surface area contributed by atoms with Gasteiger partial charge in [0, 0.05) is 22.6 Å². The van der Waals surface area contributed by atoms with Gasteiger partial charge in [0.15, 0.2) is 0 Å². The van der Waals surface area contributed by atoms with Gasteiger partial charge in [0.1, 0.15) is 0 Å². The van der Waals surface area contributed by atoms with Crippen LogP contribution in [0.1, 0.15) is 25.8 Å². The molecule has 110 valence electrons. The predicted molar refractivity (Wildman–Crippen MR) is 79.3 cm³/mol. The number of halogens is 2. The zero-order valence-electron chi connectivity index (χ0n) is 11.4. The molecule has 0 atom stereocenters. The normalized spacial score (nSPS) is 10.7. The molecule has 0 fully saturated rings. The van der Waals surface area contributed by atoms with Crippen molar-refractivity contribution in [1.29, 1.82) is 0 Å². The van der Waals surface area contributed by atoms with Crippen LogP contribution in [0.15, 0.2) is 18.2 Å². The molecular formula is C14H17Cl2NO3. The molecule has 0 saturated heterocycles. The topological polar surface area (TPSA) is 57.6 Å². The number of carboxylic acids is 1. The minimum absolute atomic E-state index is 0.0621. The van der Waals surface area contributed by atoms with E-state index in [1.165, 1.54) is 0 Å². The second kappa shape index (κ2) is 7.50. The maximum absolute atomic E-state index is 12.2. The summed E-state index contributed by atoms with van der Waals surface area (Å²) in [6, 6.07) is 4.90. The van der Waals surface area contributed by atoms with Crippen LogP contribution < -0.4 is 0 Å². The van der Waals surface area contributed by atoms with Crippen LogP contribution in [0.25, 0.3) is 0 Å². The second-order valence-electron chi connectivity index (χ2n) is 4.74. The molecule has 20 heavy (non-hydrogen) atoms. The molecule has 0 radical (unpaired) electrons. The number of rotatable bonds is 6. The van der Waals surface area contributed by atoms with E-state index in [-0.39, 0.29) is 31.3 Å². The molecule has 0 heterocycles. The number of amides is 1. The minimum atomic E-state index is -0.923. The Kier molecular flexibility index (Phi) is 6.30. The number of carboxylic acid groups (broad SMARTS) is 1. The van der Waals surface area contributed by atoms with Crippen molar-refractivity contribution in [3.8, 4) is 0 Å². The molecule has 1 N–H and O–H groups in total.